The summed E-state index contributed by atoms with van der Waals surface area (Å²) < 4.78 is 18.8. The molecule has 21 heavy (non-hydrogen) atoms. The number of rotatable bonds is 4. The number of hydrogen-bond acceptors (Lipinski definition) is 3. The van der Waals surface area contributed by atoms with Crippen LogP contribution in [0.4, 0.5) is 10.1 Å². The molecule has 1 N–H and O–H groups in total. The fourth-order valence-electron chi connectivity index (χ4n) is 2.01. The summed E-state index contributed by atoms with van der Waals surface area (Å²) >= 11 is 3.15. The van der Waals surface area contributed by atoms with Crippen LogP contribution in [0.1, 0.15) is 21.5 Å². The SMILES string of the molecule is COC(=O)c1ccccc1CNc1cc(F)c(Br)cc1C. The third-order valence-corrected chi connectivity index (χ3v) is 3.77. The van der Waals surface area contributed by atoms with Crippen molar-refractivity contribution in [3.63, 3.8) is 0 Å². The molecular formula is C16H15BrFNO2. The van der Waals surface area contributed by atoms with Gasteiger partial charge in [0.15, 0.2) is 0 Å². The topological polar surface area (TPSA) is 38.3 Å². The zero-order valence-corrected chi connectivity index (χ0v) is 13.3. The van der Waals surface area contributed by atoms with Gasteiger partial charge in [-0.2, -0.15) is 0 Å². The number of nitrogens with one attached hydrogen (secondary N) is 1. The van der Waals surface area contributed by atoms with Crippen LogP contribution in [0.2, 0.25) is 0 Å². The molecule has 0 fully saturated rings. The van der Waals surface area contributed by atoms with Gasteiger partial charge >= 0.3 is 5.97 Å². The summed E-state index contributed by atoms with van der Waals surface area (Å²) in [6.07, 6.45) is 0. The maximum absolute atomic E-state index is 13.6. The van der Waals surface area contributed by atoms with Gasteiger partial charge in [0.25, 0.3) is 0 Å². The molecule has 0 atom stereocenters. The van der Waals surface area contributed by atoms with E-state index < -0.39 is 0 Å². The van der Waals surface area contributed by atoms with E-state index in [0.29, 0.717) is 22.3 Å². The summed E-state index contributed by atoms with van der Waals surface area (Å²) in [5, 5.41) is 3.15. The minimum Gasteiger partial charge on any atom is -0.465 e. The zero-order valence-electron chi connectivity index (χ0n) is 11.7. The second-order valence-electron chi connectivity index (χ2n) is 4.58. The molecule has 2 rings (SSSR count). The van der Waals surface area contributed by atoms with Gasteiger partial charge in [-0.05, 0) is 52.2 Å². The van der Waals surface area contributed by atoms with Crippen LogP contribution in [0.15, 0.2) is 40.9 Å². The normalized spacial score (nSPS) is 10.3. The van der Waals surface area contributed by atoms with Crippen molar-refractivity contribution in [1.29, 1.82) is 0 Å². The zero-order chi connectivity index (χ0) is 15.4. The van der Waals surface area contributed by atoms with E-state index in [2.05, 4.69) is 21.2 Å². The smallest absolute Gasteiger partial charge is 0.338 e. The lowest BCUT2D eigenvalue weighted by Gasteiger charge is -2.12. The Kier molecular flexibility index (Phi) is 4.96. The van der Waals surface area contributed by atoms with Gasteiger partial charge in [0, 0.05) is 12.2 Å². The standard InChI is InChI=1S/C16H15BrFNO2/c1-10-7-13(17)14(18)8-15(10)19-9-11-5-3-4-6-12(11)16(20)21-2/h3-8,19H,9H2,1-2H3. The van der Waals surface area contributed by atoms with Crippen molar-refractivity contribution in [2.75, 3.05) is 12.4 Å². The van der Waals surface area contributed by atoms with E-state index in [4.69, 9.17) is 4.74 Å². The monoisotopic (exact) mass is 351 g/mol. The Hall–Kier alpha value is -1.88. The number of carbonyl (C=O) groups excluding carboxylic acids is 1. The van der Waals surface area contributed by atoms with Crippen LogP contribution in [-0.2, 0) is 11.3 Å². The molecule has 0 radical (unpaired) electrons. The summed E-state index contributed by atoms with van der Waals surface area (Å²) in [5.74, 6) is -0.713. The lowest BCUT2D eigenvalue weighted by Crippen LogP contribution is -2.09. The highest BCUT2D eigenvalue weighted by atomic mass is 79.9. The molecule has 110 valence electrons. The fourth-order valence-corrected chi connectivity index (χ4v) is 2.47. The quantitative estimate of drug-likeness (QED) is 0.834. The van der Waals surface area contributed by atoms with Crippen LogP contribution >= 0.6 is 15.9 Å². The van der Waals surface area contributed by atoms with Gasteiger partial charge in [-0.3, -0.25) is 0 Å². The van der Waals surface area contributed by atoms with E-state index in [1.165, 1.54) is 13.2 Å². The number of ether oxygens (including phenoxy) is 1. The molecule has 0 unspecified atom stereocenters. The predicted octanol–water partition coefficient (Wildman–Crippen LogP) is 4.30. The maximum atomic E-state index is 13.6. The van der Waals surface area contributed by atoms with Gasteiger partial charge in [-0.15, -0.1) is 0 Å². The molecule has 0 aliphatic carbocycles. The molecule has 0 heterocycles. The molecule has 0 aliphatic rings. The van der Waals surface area contributed by atoms with Crippen molar-refractivity contribution < 1.29 is 13.9 Å². The van der Waals surface area contributed by atoms with Gasteiger partial charge in [0.1, 0.15) is 5.82 Å². The first-order chi connectivity index (χ1) is 10.0. The first-order valence-corrected chi connectivity index (χ1v) is 7.18. The fraction of sp³-hybridized carbons (Fsp3) is 0.188. The molecular weight excluding hydrogens is 337 g/mol. The number of methoxy groups -OCH3 is 1. The Morgan fingerprint density at radius 2 is 2.05 bits per heavy atom. The molecule has 0 aliphatic heterocycles. The summed E-state index contributed by atoms with van der Waals surface area (Å²) in [5.41, 5.74) is 2.91. The lowest BCUT2D eigenvalue weighted by molar-refractivity contribution is 0.0599. The Morgan fingerprint density at radius 3 is 2.76 bits per heavy atom. The molecule has 5 heteroatoms. The van der Waals surface area contributed by atoms with Gasteiger partial charge in [0.2, 0.25) is 0 Å². The van der Waals surface area contributed by atoms with Gasteiger partial charge in [0.05, 0.1) is 17.1 Å². The van der Waals surface area contributed by atoms with Crippen LogP contribution in [0.25, 0.3) is 0 Å². The van der Waals surface area contributed by atoms with Crippen LogP contribution in [0.3, 0.4) is 0 Å². The first kappa shape index (κ1) is 15.5. The molecule has 0 saturated carbocycles. The van der Waals surface area contributed by atoms with E-state index in [-0.39, 0.29) is 11.8 Å². The summed E-state index contributed by atoms with van der Waals surface area (Å²) in [6.45, 7) is 2.30. The predicted molar refractivity (Wildman–Crippen MR) is 83.9 cm³/mol. The minimum atomic E-state index is -0.383. The number of aryl methyl sites for hydroxylation is 1. The number of halogens is 2. The third-order valence-electron chi connectivity index (χ3n) is 3.16. The Bertz CT molecular complexity index is 673. The largest absolute Gasteiger partial charge is 0.465 e. The Morgan fingerprint density at radius 1 is 1.33 bits per heavy atom. The number of hydrogen-bond donors (Lipinski definition) is 1. The van der Waals surface area contributed by atoms with Crippen LogP contribution in [0, 0.1) is 12.7 Å². The van der Waals surface area contributed by atoms with Crippen molar-refractivity contribution in [3.8, 4) is 0 Å². The van der Waals surface area contributed by atoms with E-state index in [1.54, 1.807) is 18.2 Å². The molecule has 2 aromatic carbocycles. The van der Waals surface area contributed by atoms with Crippen molar-refractivity contribution in [2.24, 2.45) is 0 Å². The number of benzene rings is 2. The molecule has 0 bridgehead atoms. The average molecular weight is 352 g/mol. The van der Waals surface area contributed by atoms with E-state index in [0.717, 1.165) is 11.1 Å². The van der Waals surface area contributed by atoms with Gasteiger partial charge < -0.3 is 10.1 Å². The van der Waals surface area contributed by atoms with Crippen molar-refractivity contribution in [3.05, 3.63) is 63.4 Å². The van der Waals surface area contributed by atoms with Crippen molar-refractivity contribution in [2.45, 2.75) is 13.5 Å². The van der Waals surface area contributed by atoms with Gasteiger partial charge in [-0.25, -0.2) is 9.18 Å². The molecule has 0 spiro atoms. The van der Waals surface area contributed by atoms with Crippen LogP contribution < -0.4 is 5.32 Å². The van der Waals surface area contributed by atoms with E-state index in [9.17, 15) is 9.18 Å². The maximum Gasteiger partial charge on any atom is 0.338 e. The number of anilines is 1. The van der Waals surface area contributed by atoms with E-state index >= 15 is 0 Å². The molecule has 2 aromatic rings. The lowest BCUT2D eigenvalue weighted by atomic mass is 10.1. The summed E-state index contributed by atoms with van der Waals surface area (Å²) in [4.78, 5) is 11.7. The highest BCUT2D eigenvalue weighted by Gasteiger charge is 2.11. The highest BCUT2D eigenvalue weighted by Crippen LogP contribution is 2.24. The second-order valence-corrected chi connectivity index (χ2v) is 5.44. The number of carbonyl (C=O) groups is 1. The minimum absolute atomic E-state index is 0.329. The first-order valence-electron chi connectivity index (χ1n) is 6.38. The molecule has 3 nitrogen and oxygen atoms in total. The summed E-state index contributed by atoms with van der Waals surface area (Å²) in [6, 6.07) is 10.3. The van der Waals surface area contributed by atoms with Crippen LogP contribution in [-0.4, -0.2) is 13.1 Å². The highest BCUT2D eigenvalue weighted by molar-refractivity contribution is 9.10. The third kappa shape index (κ3) is 3.61. The van der Waals surface area contributed by atoms with E-state index in [1.807, 2.05) is 19.1 Å². The Labute approximate surface area is 131 Å². The average Bonchev–Trinajstić information content (AvgIpc) is 2.49. The van der Waals surface area contributed by atoms with Crippen molar-refractivity contribution >= 4 is 27.6 Å². The van der Waals surface area contributed by atoms with Crippen molar-refractivity contribution in [1.82, 2.24) is 0 Å². The number of esters is 1. The molecule has 0 aromatic heterocycles. The van der Waals surface area contributed by atoms with Crippen LogP contribution in [0.5, 0.6) is 0 Å². The molecule has 0 amide bonds. The second kappa shape index (κ2) is 6.72. The molecule has 0 saturated heterocycles. The van der Waals surface area contributed by atoms with Gasteiger partial charge in [-0.1, -0.05) is 18.2 Å². The Balaban J connectivity index is 2.21. The summed E-state index contributed by atoms with van der Waals surface area (Å²) in [7, 11) is 1.35.